The van der Waals surface area contributed by atoms with Crippen molar-refractivity contribution in [2.75, 3.05) is 11.9 Å². The molecule has 0 radical (unpaired) electrons. The van der Waals surface area contributed by atoms with Gasteiger partial charge in [0.2, 0.25) is 0 Å². The summed E-state index contributed by atoms with van der Waals surface area (Å²) in [6, 6.07) is 5.12. The number of amides is 2. The van der Waals surface area contributed by atoms with Crippen molar-refractivity contribution in [1.29, 1.82) is 0 Å². The van der Waals surface area contributed by atoms with Gasteiger partial charge in [-0.15, -0.1) is 0 Å². The second-order valence-corrected chi connectivity index (χ2v) is 4.89. The van der Waals surface area contributed by atoms with Gasteiger partial charge in [-0.05, 0) is 39.8 Å². The maximum Gasteiger partial charge on any atom is 0.315 e. The normalized spacial score (nSPS) is 10.9. The van der Waals surface area contributed by atoms with Crippen molar-refractivity contribution in [3.05, 3.63) is 24.4 Å². The van der Waals surface area contributed by atoms with Crippen LogP contribution in [0, 0.1) is 0 Å². The molecule has 0 spiro atoms. The molecule has 0 unspecified atom stereocenters. The number of carbonyl (C=O) groups is 2. The Bertz CT molecular complexity index is 424. The molecule has 1 aromatic heterocycles. The van der Waals surface area contributed by atoms with Crippen molar-refractivity contribution in [1.82, 2.24) is 9.88 Å². The Kier molecular flexibility index (Phi) is 4.42. The summed E-state index contributed by atoms with van der Waals surface area (Å²) in [6.07, 6.45) is 1.56. The zero-order chi connectivity index (χ0) is 13.8. The SMILES string of the molecule is CCN(C(=O)C(=O)Nc1ccccn1)C(C)(C)C. The number of carbonyl (C=O) groups excluding carboxylic acids is 2. The van der Waals surface area contributed by atoms with E-state index < -0.39 is 11.8 Å². The number of rotatable bonds is 2. The molecule has 2 amide bonds. The molecule has 1 N–H and O–H groups in total. The summed E-state index contributed by atoms with van der Waals surface area (Å²) < 4.78 is 0. The lowest BCUT2D eigenvalue weighted by atomic mass is 10.1. The Morgan fingerprint density at radius 3 is 2.44 bits per heavy atom. The summed E-state index contributed by atoms with van der Waals surface area (Å²) in [5.41, 5.74) is -0.382. The van der Waals surface area contributed by atoms with Crippen molar-refractivity contribution >= 4 is 17.6 Å². The molecule has 5 heteroatoms. The van der Waals surface area contributed by atoms with E-state index in [1.165, 1.54) is 4.90 Å². The van der Waals surface area contributed by atoms with Crippen LogP contribution in [0.2, 0.25) is 0 Å². The molecule has 1 aromatic rings. The van der Waals surface area contributed by atoms with Crippen LogP contribution in [-0.2, 0) is 9.59 Å². The van der Waals surface area contributed by atoms with Gasteiger partial charge in [-0.3, -0.25) is 9.59 Å². The van der Waals surface area contributed by atoms with Crippen molar-refractivity contribution < 1.29 is 9.59 Å². The van der Waals surface area contributed by atoms with Crippen LogP contribution in [0.4, 0.5) is 5.82 Å². The lowest BCUT2D eigenvalue weighted by Gasteiger charge is -2.34. The Hall–Kier alpha value is -1.91. The van der Waals surface area contributed by atoms with E-state index >= 15 is 0 Å². The predicted molar refractivity (Wildman–Crippen MR) is 70.0 cm³/mol. The lowest BCUT2D eigenvalue weighted by Crippen LogP contribution is -2.49. The fraction of sp³-hybridized carbons (Fsp3) is 0.462. The largest absolute Gasteiger partial charge is 0.330 e. The van der Waals surface area contributed by atoms with E-state index in [0.29, 0.717) is 12.4 Å². The summed E-state index contributed by atoms with van der Waals surface area (Å²) in [5, 5.41) is 2.49. The fourth-order valence-corrected chi connectivity index (χ4v) is 1.65. The van der Waals surface area contributed by atoms with Crippen LogP contribution in [-0.4, -0.2) is 33.8 Å². The van der Waals surface area contributed by atoms with E-state index in [-0.39, 0.29) is 5.54 Å². The second-order valence-electron chi connectivity index (χ2n) is 4.89. The minimum absolute atomic E-state index is 0.376. The summed E-state index contributed by atoms with van der Waals surface area (Å²) >= 11 is 0. The third-order valence-corrected chi connectivity index (χ3v) is 2.47. The first-order valence-electron chi connectivity index (χ1n) is 5.90. The van der Waals surface area contributed by atoms with Gasteiger partial charge in [0.15, 0.2) is 0 Å². The van der Waals surface area contributed by atoms with Crippen LogP contribution in [0.1, 0.15) is 27.7 Å². The van der Waals surface area contributed by atoms with Crippen molar-refractivity contribution in [2.45, 2.75) is 33.2 Å². The number of aromatic nitrogens is 1. The molecular formula is C13H19N3O2. The third kappa shape index (κ3) is 3.55. The molecule has 1 heterocycles. The topological polar surface area (TPSA) is 62.3 Å². The van der Waals surface area contributed by atoms with Gasteiger partial charge in [-0.2, -0.15) is 0 Å². The molecule has 5 nitrogen and oxygen atoms in total. The number of nitrogens with zero attached hydrogens (tertiary/aromatic N) is 2. The third-order valence-electron chi connectivity index (χ3n) is 2.47. The minimum Gasteiger partial charge on any atom is -0.330 e. The molecule has 18 heavy (non-hydrogen) atoms. The summed E-state index contributed by atoms with van der Waals surface area (Å²) in [5.74, 6) is -0.832. The van der Waals surface area contributed by atoms with E-state index in [4.69, 9.17) is 0 Å². The van der Waals surface area contributed by atoms with Crippen molar-refractivity contribution in [3.8, 4) is 0 Å². The number of hydrogen-bond donors (Lipinski definition) is 1. The van der Waals surface area contributed by atoms with Crippen LogP contribution in [0.5, 0.6) is 0 Å². The number of anilines is 1. The van der Waals surface area contributed by atoms with Crippen LogP contribution in [0.25, 0.3) is 0 Å². The maximum absolute atomic E-state index is 12.0. The van der Waals surface area contributed by atoms with Gasteiger partial charge < -0.3 is 10.2 Å². The molecule has 0 aromatic carbocycles. The summed E-state index contributed by atoms with van der Waals surface area (Å²) in [7, 11) is 0. The molecule has 0 atom stereocenters. The monoisotopic (exact) mass is 249 g/mol. The molecule has 98 valence electrons. The summed E-state index contributed by atoms with van der Waals surface area (Å²) in [6.45, 7) is 8.00. The standard InChI is InChI=1S/C13H19N3O2/c1-5-16(13(2,3)4)12(18)11(17)15-10-8-6-7-9-14-10/h6-9H,5H2,1-4H3,(H,14,15,17). The summed E-state index contributed by atoms with van der Waals surface area (Å²) in [4.78, 5) is 29.3. The van der Waals surface area contributed by atoms with E-state index in [0.717, 1.165) is 0 Å². The zero-order valence-corrected chi connectivity index (χ0v) is 11.2. The van der Waals surface area contributed by atoms with Gasteiger partial charge >= 0.3 is 11.8 Å². The average Bonchev–Trinajstić information content (AvgIpc) is 2.29. The first kappa shape index (κ1) is 14.2. The highest BCUT2D eigenvalue weighted by Crippen LogP contribution is 2.13. The van der Waals surface area contributed by atoms with Crippen LogP contribution >= 0.6 is 0 Å². The average molecular weight is 249 g/mol. The molecule has 0 aliphatic heterocycles. The van der Waals surface area contributed by atoms with Gasteiger partial charge in [-0.25, -0.2) is 4.98 Å². The molecular weight excluding hydrogens is 230 g/mol. The molecule has 0 aliphatic carbocycles. The number of nitrogens with one attached hydrogen (secondary N) is 1. The molecule has 0 saturated heterocycles. The quantitative estimate of drug-likeness (QED) is 0.811. The van der Waals surface area contributed by atoms with Gasteiger partial charge in [-0.1, -0.05) is 6.07 Å². The minimum atomic E-state index is -0.662. The number of hydrogen-bond acceptors (Lipinski definition) is 3. The first-order valence-corrected chi connectivity index (χ1v) is 5.90. The molecule has 0 bridgehead atoms. The molecule has 0 saturated carbocycles. The van der Waals surface area contributed by atoms with Gasteiger partial charge in [0.1, 0.15) is 5.82 Å². The highest BCUT2D eigenvalue weighted by molar-refractivity contribution is 6.39. The molecule has 1 rings (SSSR count). The van der Waals surface area contributed by atoms with E-state index in [2.05, 4.69) is 10.3 Å². The Balaban J connectivity index is 2.75. The Morgan fingerprint density at radius 1 is 1.33 bits per heavy atom. The predicted octanol–water partition coefficient (Wildman–Crippen LogP) is 1.67. The van der Waals surface area contributed by atoms with Crippen molar-refractivity contribution in [2.24, 2.45) is 0 Å². The Labute approximate surface area is 107 Å². The van der Waals surface area contributed by atoms with Crippen molar-refractivity contribution in [3.63, 3.8) is 0 Å². The highest BCUT2D eigenvalue weighted by atomic mass is 16.2. The number of pyridine rings is 1. The lowest BCUT2D eigenvalue weighted by molar-refractivity contribution is -0.146. The van der Waals surface area contributed by atoms with Crippen LogP contribution in [0.3, 0.4) is 0 Å². The van der Waals surface area contributed by atoms with E-state index in [1.54, 1.807) is 24.4 Å². The molecule has 0 fully saturated rings. The second kappa shape index (κ2) is 5.62. The zero-order valence-electron chi connectivity index (χ0n) is 11.2. The van der Waals surface area contributed by atoms with Crippen LogP contribution < -0.4 is 5.32 Å². The molecule has 0 aliphatic rings. The van der Waals surface area contributed by atoms with E-state index in [1.807, 2.05) is 27.7 Å². The highest BCUT2D eigenvalue weighted by Gasteiger charge is 2.29. The van der Waals surface area contributed by atoms with Gasteiger partial charge in [0, 0.05) is 18.3 Å². The number of likely N-dealkylation sites (N-methyl/N-ethyl adjacent to an activating group) is 1. The Morgan fingerprint density at radius 2 is 2.00 bits per heavy atom. The van der Waals surface area contributed by atoms with E-state index in [9.17, 15) is 9.59 Å². The van der Waals surface area contributed by atoms with Gasteiger partial charge in [0.25, 0.3) is 0 Å². The first-order chi connectivity index (χ1) is 8.36. The fourth-order valence-electron chi connectivity index (χ4n) is 1.65. The smallest absolute Gasteiger partial charge is 0.315 e. The van der Waals surface area contributed by atoms with Gasteiger partial charge in [0.05, 0.1) is 0 Å². The maximum atomic E-state index is 12.0. The van der Waals surface area contributed by atoms with Crippen LogP contribution in [0.15, 0.2) is 24.4 Å².